The first-order valence-electron chi connectivity index (χ1n) is 7.62. The van der Waals surface area contributed by atoms with Crippen LogP contribution in [0.4, 0.5) is 0 Å². The van der Waals surface area contributed by atoms with Crippen molar-refractivity contribution in [1.82, 2.24) is 0 Å². The van der Waals surface area contributed by atoms with Crippen molar-refractivity contribution in [2.45, 2.75) is 70.7 Å². The molecule has 0 aliphatic carbocycles. The Balaban J connectivity index is 2.91. The van der Waals surface area contributed by atoms with Crippen molar-refractivity contribution in [2.24, 2.45) is 0 Å². The number of benzene rings is 1. The molecule has 114 valence electrons. The van der Waals surface area contributed by atoms with Gasteiger partial charge in [0.15, 0.2) is 0 Å². The Labute approximate surface area is 130 Å². The first-order valence-corrected chi connectivity index (χ1v) is 10.3. The van der Waals surface area contributed by atoms with E-state index < -0.39 is 8.32 Å². The molecule has 0 fully saturated rings. The van der Waals surface area contributed by atoms with Gasteiger partial charge in [0.2, 0.25) is 8.32 Å². The highest BCUT2D eigenvalue weighted by Gasteiger charge is 2.44. The monoisotopic (exact) mass is 312 g/mol. The van der Waals surface area contributed by atoms with Gasteiger partial charge in [0.25, 0.3) is 0 Å². The number of rotatable bonds is 7. The summed E-state index contributed by atoms with van der Waals surface area (Å²) in [5, 5.41) is 0. The predicted octanol–water partition coefficient (Wildman–Crippen LogP) is 6.12. The maximum absolute atomic E-state index is 6.60. The van der Waals surface area contributed by atoms with Crippen LogP contribution in [0.1, 0.15) is 52.7 Å². The molecule has 1 rings (SSSR count). The van der Waals surface area contributed by atoms with E-state index in [1.54, 1.807) is 0 Å². The van der Waals surface area contributed by atoms with Gasteiger partial charge in [0, 0.05) is 5.88 Å². The minimum atomic E-state index is -1.77. The largest absolute Gasteiger partial charge is 0.412 e. The lowest BCUT2D eigenvalue weighted by Gasteiger charge is -2.42. The summed E-state index contributed by atoms with van der Waals surface area (Å²) in [6.07, 6.45) is 0. The molecule has 0 amide bonds. The fraction of sp³-hybridized carbons (Fsp3) is 0.647. The minimum Gasteiger partial charge on any atom is -0.412 e. The van der Waals surface area contributed by atoms with Crippen LogP contribution < -0.4 is 0 Å². The first kappa shape index (κ1) is 17.7. The molecule has 0 unspecified atom stereocenters. The lowest BCUT2D eigenvalue weighted by molar-refractivity contribution is 0.266. The number of halogens is 1. The topological polar surface area (TPSA) is 9.23 Å². The molecule has 0 heterocycles. The molecule has 3 heteroatoms. The van der Waals surface area contributed by atoms with E-state index in [0.717, 1.165) is 0 Å². The highest BCUT2D eigenvalue weighted by molar-refractivity contribution is 6.77. The van der Waals surface area contributed by atoms with Crippen LogP contribution >= 0.6 is 11.6 Å². The van der Waals surface area contributed by atoms with Crippen molar-refractivity contribution in [2.75, 3.05) is 0 Å². The van der Waals surface area contributed by atoms with Crippen molar-refractivity contribution in [3.8, 4) is 0 Å². The average molecular weight is 313 g/mol. The normalized spacial score (nSPS) is 12.7. The summed E-state index contributed by atoms with van der Waals surface area (Å²) in [4.78, 5) is 0. The maximum atomic E-state index is 6.60. The van der Waals surface area contributed by atoms with Crippen LogP contribution in [0, 0.1) is 0 Å². The second-order valence-electron chi connectivity index (χ2n) is 6.56. The van der Waals surface area contributed by atoms with E-state index >= 15 is 0 Å². The second-order valence-corrected chi connectivity index (χ2v) is 12.3. The molecular formula is C17H29ClOSi. The third kappa shape index (κ3) is 3.87. The Morgan fingerprint density at radius 1 is 0.950 bits per heavy atom. The Kier molecular flexibility index (Phi) is 6.76. The molecule has 20 heavy (non-hydrogen) atoms. The average Bonchev–Trinajstić information content (AvgIpc) is 2.38. The SMILES string of the molecule is CC(C)[Si](OCc1cccc(CCl)c1)(C(C)C)C(C)C. The van der Waals surface area contributed by atoms with Crippen molar-refractivity contribution in [1.29, 1.82) is 0 Å². The molecular weight excluding hydrogens is 284 g/mol. The van der Waals surface area contributed by atoms with Crippen LogP contribution in [-0.4, -0.2) is 8.32 Å². The summed E-state index contributed by atoms with van der Waals surface area (Å²) >= 11 is 5.91. The van der Waals surface area contributed by atoms with Crippen LogP contribution in [0.3, 0.4) is 0 Å². The van der Waals surface area contributed by atoms with Gasteiger partial charge >= 0.3 is 0 Å². The van der Waals surface area contributed by atoms with Crippen LogP contribution in [0.15, 0.2) is 24.3 Å². The van der Waals surface area contributed by atoms with Crippen LogP contribution in [-0.2, 0) is 16.9 Å². The van der Waals surface area contributed by atoms with E-state index in [1.165, 1.54) is 11.1 Å². The van der Waals surface area contributed by atoms with Crippen molar-refractivity contribution < 1.29 is 4.43 Å². The van der Waals surface area contributed by atoms with Gasteiger partial charge in [-0.05, 0) is 27.8 Å². The molecule has 0 bridgehead atoms. The van der Waals surface area contributed by atoms with Crippen molar-refractivity contribution >= 4 is 19.9 Å². The van der Waals surface area contributed by atoms with Gasteiger partial charge in [0.1, 0.15) is 0 Å². The molecule has 0 aliphatic heterocycles. The van der Waals surface area contributed by atoms with E-state index in [0.29, 0.717) is 29.1 Å². The Bertz CT molecular complexity index is 393. The first-order chi connectivity index (χ1) is 9.34. The van der Waals surface area contributed by atoms with Gasteiger partial charge in [-0.15, -0.1) is 11.6 Å². The standard InChI is InChI=1S/C17H29ClOSi/c1-13(2)20(14(3)4,15(5)6)19-12-17-9-7-8-16(10-17)11-18/h7-10,13-15H,11-12H2,1-6H3. The van der Waals surface area contributed by atoms with Gasteiger partial charge < -0.3 is 4.43 Å². The molecule has 0 saturated heterocycles. The number of hydrogen-bond donors (Lipinski definition) is 0. The zero-order chi connectivity index (χ0) is 15.3. The molecule has 0 radical (unpaired) electrons. The fourth-order valence-corrected chi connectivity index (χ4v) is 9.09. The molecule has 0 spiro atoms. The van der Waals surface area contributed by atoms with E-state index in [4.69, 9.17) is 16.0 Å². The third-order valence-electron chi connectivity index (χ3n) is 4.34. The summed E-state index contributed by atoms with van der Waals surface area (Å²) < 4.78 is 6.60. The minimum absolute atomic E-state index is 0.564. The van der Waals surface area contributed by atoms with Crippen LogP contribution in [0.25, 0.3) is 0 Å². The van der Waals surface area contributed by atoms with Gasteiger partial charge in [-0.3, -0.25) is 0 Å². The van der Waals surface area contributed by atoms with Gasteiger partial charge in [-0.25, -0.2) is 0 Å². The molecule has 1 aromatic carbocycles. The van der Waals surface area contributed by atoms with Crippen LogP contribution in [0.5, 0.6) is 0 Å². The Morgan fingerprint density at radius 3 is 1.90 bits per heavy atom. The third-order valence-corrected chi connectivity index (χ3v) is 10.7. The highest BCUT2D eigenvalue weighted by Crippen LogP contribution is 2.42. The smallest absolute Gasteiger partial charge is 0.200 e. The molecule has 1 nitrogen and oxygen atoms in total. The molecule has 0 N–H and O–H groups in total. The summed E-state index contributed by atoms with van der Waals surface area (Å²) in [5.41, 5.74) is 4.27. The van der Waals surface area contributed by atoms with Crippen molar-refractivity contribution in [3.63, 3.8) is 0 Å². The number of hydrogen-bond acceptors (Lipinski definition) is 1. The van der Waals surface area contributed by atoms with Crippen LogP contribution in [0.2, 0.25) is 16.6 Å². The molecule has 0 aliphatic rings. The van der Waals surface area contributed by atoms with Crippen molar-refractivity contribution in [3.05, 3.63) is 35.4 Å². The highest BCUT2D eigenvalue weighted by atomic mass is 35.5. The predicted molar refractivity (Wildman–Crippen MR) is 91.8 cm³/mol. The zero-order valence-electron chi connectivity index (χ0n) is 13.7. The Hall–Kier alpha value is -0.313. The molecule has 0 aromatic heterocycles. The summed E-state index contributed by atoms with van der Waals surface area (Å²) in [7, 11) is -1.77. The van der Waals surface area contributed by atoms with Gasteiger partial charge in [-0.2, -0.15) is 0 Å². The lowest BCUT2D eigenvalue weighted by Crippen LogP contribution is -2.47. The number of alkyl halides is 1. The van der Waals surface area contributed by atoms with Gasteiger partial charge in [-0.1, -0.05) is 65.8 Å². The molecule has 0 saturated carbocycles. The van der Waals surface area contributed by atoms with E-state index in [1.807, 2.05) is 0 Å². The fourth-order valence-electron chi connectivity index (χ4n) is 3.51. The second kappa shape index (κ2) is 7.63. The van der Waals surface area contributed by atoms with E-state index in [-0.39, 0.29) is 0 Å². The summed E-state index contributed by atoms with van der Waals surface area (Å²) in [6, 6.07) is 8.43. The Morgan fingerprint density at radius 2 is 1.45 bits per heavy atom. The zero-order valence-corrected chi connectivity index (χ0v) is 15.5. The summed E-state index contributed by atoms with van der Waals surface area (Å²) in [5.74, 6) is 0.564. The summed E-state index contributed by atoms with van der Waals surface area (Å²) in [6.45, 7) is 14.6. The maximum Gasteiger partial charge on any atom is 0.200 e. The van der Waals surface area contributed by atoms with E-state index in [2.05, 4.69) is 65.8 Å². The quantitative estimate of drug-likeness (QED) is 0.435. The molecule has 0 atom stereocenters. The van der Waals surface area contributed by atoms with E-state index in [9.17, 15) is 0 Å². The molecule has 1 aromatic rings. The lowest BCUT2D eigenvalue weighted by atomic mass is 10.1. The van der Waals surface area contributed by atoms with Gasteiger partial charge in [0.05, 0.1) is 6.61 Å².